The molecule has 1 aromatic heterocycles. The molecule has 1 amide bonds. The number of anilines is 3. The molecule has 3 N–H and O–H groups in total. The van der Waals surface area contributed by atoms with E-state index in [9.17, 15) is 9.59 Å². The number of nitrogens with two attached hydrogens (primary N) is 1. The number of nitrogens with zero attached hydrogens (tertiary/aromatic N) is 5. The van der Waals surface area contributed by atoms with Gasteiger partial charge in [0, 0.05) is 46.3 Å². The van der Waals surface area contributed by atoms with Crippen molar-refractivity contribution in [3.05, 3.63) is 29.8 Å². The van der Waals surface area contributed by atoms with Crippen molar-refractivity contribution in [3.63, 3.8) is 0 Å². The zero-order chi connectivity index (χ0) is 30.2. The summed E-state index contributed by atoms with van der Waals surface area (Å²) in [6.07, 6.45) is 5.85. The highest BCUT2D eigenvalue weighted by Crippen LogP contribution is 2.30. The van der Waals surface area contributed by atoms with Gasteiger partial charge in [-0.3, -0.25) is 19.4 Å². The van der Waals surface area contributed by atoms with Crippen LogP contribution in [0.1, 0.15) is 44.6 Å². The number of amides is 1. The molecule has 232 valence electrons. The number of nitrogens with one attached hydrogen (secondary N) is 1. The molecule has 1 aliphatic rings. The summed E-state index contributed by atoms with van der Waals surface area (Å²) in [7, 11) is 3.13. The van der Waals surface area contributed by atoms with E-state index in [2.05, 4.69) is 32.0 Å². The number of carbonyl (C=O) groups excluding carboxylic acids is 2. The maximum atomic E-state index is 11.9. The second-order valence-corrected chi connectivity index (χ2v) is 10.3. The predicted molar refractivity (Wildman–Crippen MR) is 164 cm³/mol. The highest BCUT2D eigenvalue weighted by molar-refractivity contribution is 5.85. The largest absolute Gasteiger partial charge is 0.492 e. The number of aromatic nitrogens is 2. The Balaban J connectivity index is 1.33. The lowest BCUT2D eigenvalue weighted by Gasteiger charge is -2.34. The van der Waals surface area contributed by atoms with Gasteiger partial charge >= 0.3 is 12.0 Å². The first kappa shape index (κ1) is 32.9. The third-order valence-electron chi connectivity index (χ3n) is 7.26. The second kappa shape index (κ2) is 18.0. The molecule has 0 unspecified atom stereocenters. The number of piperazine rings is 1. The highest BCUT2D eigenvalue weighted by atomic mass is 16.5. The van der Waals surface area contributed by atoms with Gasteiger partial charge in [0.2, 0.25) is 6.41 Å². The molecule has 0 bridgehead atoms. The van der Waals surface area contributed by atoms with E-state index in [1.807, 2.05) is 24.3 Å². The average Bonchev–Trinajstić information content (AvgIpc) is 3.00. The van der Waals surface area contributed by atoms with Gasteiger partial charge in [-0.2, -0.15) is 9.97 Å². The fourth-order valence-electron chi connectivity index (χ4n) is 4.78. The zero-order valence-electron chi connectivity index (χ0n) is 25.3. The molecule has 0 radical (unpaired) electrons. The lowest BCUT2D eigenvalue weighted by Crippen LogP contribution is -2.47. The first-order valence-electron chi connectivity index (χ1n) is 14.9. The molecule has 1 aromatic carbocycles. The van der Waals surface area contributed by atoms with E-state index < -0.39 is 0 Å². The number of hydrogen-bond donors (Lipinski definition) is 2. The molecule has 2 aromatic rings. The van der Waals surface area contributed by atoms with Crippen LogP contribution in [0, 0.1) is 0 Å². The van der Waals surface area contributed by atoms with E-state index in [1.54, 1.807) is 11.9 Å². The van der Waals surface area contributed by atoms with Gasteiger partial charge in [-0.25, -0.2) is 0 Å². The van der Waals surface area contributed by atoms with E-state index in [1.165, 1.54) is 7.11 Å². The van der Waals surface area contributed by atoms with Gasteiger partial charge in [0.15, 0.2) is 11.6 Å². The van der Waals surface area contributed by atoms with Crippen molar-refractivity contribution in [2.75, 3.05) is 89.1 Å². The van der Waals surface area contributed by atoms with Gasteiger partial charge in [0.25, 0.3) is 0 Å². The van der Waals surface area contributed by atoms with Crippen LogP contribution in [0.3, 0.4) is 0 Å². The summed E-state index contributed by atoms with van der Waals surface area (Å²) < 4.78 is 16.3. The van der Waals surface area contributed by atoms with Crippen LogP contribution >= 0.6 is 0 Å². The molecular formula is C30H47N7O5. The number of rotatable bonds is 19. The van der Waals surface area contributed by atoms with E-state index in [0.717, 1.165) is 89.1 Å². The molecule has 12 nitrogen and oxygen atoms in total. The number of benzene rings is 1. The molecule has 2 heterocycles. The van der Waals surface area contributed by atoms with Crippen LogP contribution in [0.5, 0.6) is 11.8 Å². The third-order valence-corrected chi connectivity index (χ3v) is 7.26. The Labute approximate surface area is 249 Å². The Morgan fingerprint density at radius 2 is 1.81 bits per heavy atom. The summed E-state index contributed by atoms with van der Waals surface area (Å²) in [5, 5.41) is 3.01. The van der Waals surface area contributed by atoms with Gasteiger partial charge in [0.1, 0.15) is 18.0 Å². The Bertz CT molecular complexity index is 1110. The number of methoxy groups -OCH3 is 1. The first-order valence-corrected chi connectivity index (χ1v) is 14.9. The van der Waals surface area contributed by atoms with Gasteiger partial charge in [-0.05, 0) is 43.5 Å². The van der Waals surface area contributed by atoms with Crippen LogP contribution < -0.4 is 25.4 Å². The van der Waals surface area contributed by atoms with Crippen LogP contribution in [0.25, 0.3) is 0 Å². The maximum absolute atomic E-state index is 11.9. The van der Waals surface area contributed by atoms with Crippen molar-refractivity contribution < 1.29 is 23.8 Å². The summed E-state index contributed by atoms with van der Waals surface area (Å²) in [6.45, 7) is 9.72. The van der Waals surface area contributed by atoms with E-state index >= 15 is 0 Å². The van der Waals surface area contributed by atoms with Crippen LogP contribution in [-0.4, -0.2) is 105 Å². The monoisotopic (exact) mass is 585 g/mol. The highest BCUT2D eigenvalue weighted by Gasteiger charge is 2.19. The number of carbonyl (C=O) groups is 2. The topological polar surface area (TPSA) is 135 Å². The molecule has 0 aliphatic carbocycles. The summed E-state index contributed by atoms with van der Waals surface area (Å²) in [5.41, 5.74) is 7.52. The molecular weight excluding hydrogens is 538 g/mol. The molecule has 0 saturated carbocycles. The minimum Gasteiger partial charge on any atom is -0.492 e. The van der Waals surface area contributed by atoms with Crippen molar-refractivity contribution in [1.82, 2.24) is 19.8 Å². The fourth-order valence-corrected chi connectivity index (χ4v) is 4.78. The zero-order valence-corrected chi connectivity index (χ0v) is 25.3. The number of ether oxygens (including phenoxy) is 3. The molecule has 1 fully saturated rings. The molecule has 12 heteroatoms. The van der Waals surface area contributed by atoms with Crippen molar-refractivity contribution in [2.45, 2.75) is 45.4 Å². The third kappa shape index (κ3) is 10.6. The van der Waals surface area contributed by atoms with Gasteiger partial charge in [-0.1, -0.05) is 31.9 Å². The van der Waals surface area contributed by atoms with Gasteiger partial charge in [-0.15, -0.1) is 0 Å². The van der Waals surface area contributed by atoms with Crippen molar-refractivity contribution in [1.29, 1.82) is 0 Å². The molecule has 1 aliphatic heterocycles. The summed E-state index contributed by atoms with van der Waals surface area (Å²) >= 11 is 0. The Morgan fingerprint density at radius 3 is 2.50 bits per heavy atom. The van der Waals surface area contributed by atoms with E-state index in [4.69, 9.17) is 19.9 Å². The van der Waals surface area contributed by atoms with E-state index in [-0.39, 0.29) is 24.2 Å². The molecule has 1 saturated heterocycles. The van der Waals surface area contributed by atoms with Crippen LogP contribution in [0.2, 0.25) is 0 Å². The average molecular weight is 586 g/mol. The Kier molecular flexibility index (Phi) is 14.1. The van der Waals surface area contributed by atoms with Crippen molar-refractivity contribution in [2.24, 2.45) is 0 Å². The van der Waals surface area contributed by atoms with Crippen molar-refractivity contribution >= 4 is 29.7 Å². The summed E-state index contributed by atoms with van der Waals surface area (Å²) in [6, 6.07) is 7.80. The number of esters is 1. The Hall–Kier alpha value is -3.64. The molecule has 3 rings (SSSR count). The van der Waals surface area contributed by atoms with Crippen LogP contribution in [0.15, 0.2) is 24.3 Å². The predicted octanol–water partition coefficient (Wildman–Crippen LogP) is 2.82. The van der Waals surface area contributed by atoms with Gasteiger partial charge in [0.05, 0.1) is 20.1 Å². The SMILES string of the molecule is CCCCOc1nc(N)c(NC)c(N(C=O)CCCCCN2CCN(CCOc3cccc(CC(=O)OC)c3)CC2)n1. The summed E-state index contributed by atoms with van der Waals surface area (Å²) in [5.74, 6) is 1.22. The standard InChI is InChI=1S/C30H47N7O5/c1-4-5-19-42-30-33-28(31)27(32-2)29(34-30)37(23-38)13-8-6-7-12-35-14-16-36(17-15-35)18-20-41-25-11-9-10-24(21-25)22-26(39)40-3/h9-11,21,23,32H,4-8,12-20,22H2,1-3H3,(H2,31,33,34). The minimum atomic E-state index is -0.258. The first-order chi connectivity index (χ1) is 20.5. The molecule has 0 spiro atoms. The number of nitrogen functional groups attached to an aromatic ring is 1. The van der Waals surface area contributed by atoms with Crippen LogP contribution in [-0.2, 0) is 20.7 Å². The maximum Gasteiger partial charge on any atom is 0.320 e. The minimum absolute atomic E-state index is 0.192. The lowest BCUT2D eigenvalue weighted by molar-refractivity contribution is -0.139. The quantitative estimate of drug-likeness (QED) is 0.143. The van der Waals surface area contributed by atoms with Crippen molar-refractivity contribution in [3.8, 4) is 11.8 Å². The molecule has 0 atom stereocenters. The smallest absolute Gasteiger partial charge is 0.320 e. The van der Waals surface area contributed by atoms with E-state index in [0.29, 0.717) is 31.3 Å². The summed E-state index contributed by atoms with van der Waals surface area (Å²) in [4.78, 5) is 38.6. The number of hydrogen-bond acceptors (Lipinski definition) is 11. The fraction of sp³-hybridized carbons (Fsp3) is 0.600. The van der Waals surface area contributed by atoms with Gasteiger partial charge < -0.3 is 30.2 Å². The normalized spacial score (nSPS) is 13.9. The lowest BCUT2D eigenvalue weighted by atomic mass is 10.1. The number of unbranched alkanes of at least 4 members (excludes halogenated alkanes) is 3. The van der Waals surface area contributed by atoms with Crippen LogP contribution in [0.4, 0.5) is 17.3 Å². The molecule has 42 heavy (non-hydrogen) atoms. The Morgan fingerprint density at radius 1 is 1.05 bits per heavy atom. The second-order valence-electron chi connectivity index (χ2n) is 10.3.